The molecular weight excluding hydrogens is 425 g/mol. The number of carbonyl (C=O) groups excluding carboxylic acids is 1. The maximum absolute atomic E-state index is 13.2. The lowest BCUT2D eigenvalue weighted by molar-refractivity contribution is -0.115. The van der Waals surface area contributed by atoms with Crippen molar-refractivity contribution in [3.8, 4) is 0 Å². The van der Waals surface area contributed by atoms with Crippen LogP contribution in [0.2, 0.25) is 0 Å². The summed E-state index contributed by atoms with van der Waals surface area (Å²) < 4.78 is 14.7. The van der Waals surface area contributed by atoms with Crippen LogP contribution in [0.15, 0.2) is 64.5 Å². The van der Waals surface area contributed by atoms with Gasteiger partial charge in [-0.1, -0.05) is 61.9 Å². The third-order valence-electron chi connectivity index (χ3n) is 5.25. The van der Waals surface area contributed by atoms with Gasteiger partial charge in [0.2, 0.25) is 5.91 Å². The maximum atomic E-state index is 13.2. The molecule has 1 N–H and O–H groups in total. The first-order valence-electron chi connectivity index (χ1n) is 10.7. The first kappa shape index (κ1) is 23.7. The molecule has 0 fully saturated rings. The zero-order valence-electron chi connectivity index (χ0n) is 18.6. The Kier molecular flexibility index (Phi) is 8.22. The van der Waals surface area contributed by atoms with Crippen molar-refractivity contribution in [3.63, 3.8) is 0 Å². The van der Waals surface area contributed by atoms with Gasteiger partial charge in [0.25, 0.3) is 5.56 Å². The molecule has 1 amide bonds. The lowest BCUT2D eigenvalue weighted by Crippen LogP contribution is -2.29. The van der Waals surface area contributed by atoms with Crippen LogP contribution >= 0.6 is 11.8 Å². The standard InChI is InChI=1S/C25H28FN3O2S/c1-4-5-11-22(23(30)28-20-14-12-19(26)13-15-20)32-25-27-17(2)21(24(31)29(25)3)16-18-9-7-6-8-10-18/h6-10,12-15,22H,4-5,11,16H2,1-3H3,(H,28,30). The van der Waals surface area contributed by atoms with Gasteiger partial charge in [0.1, 0.15) is 5.82 Å². The van der Waals surface area contributed by atoms with Crippen LogP contribution in [-0.4, -0.2) is 20.7 Å². The second-order valence-corrected chi connectivity index (χ2v) is 8.90. The van der Waals surface area contributed by atoms with Gasteiger partial charge in [-0.15, -0.1) is 0 Å². The number of aryl methyl sites for hydroxylation is 1. The zero-order chi connectivity index (χ0) is 23.1. The Morgan fingerprint density at radius 3 is 2.50 bits per heavy atom. The van der Waals surface area contributed by atoms with E-state index in [1.54, 1.807) is 7.05 Å². The lowest BCUT2D eigenvalue weighted by Gasteiger charge is -2.18. The number of hydrogen-bond donors (Lipinski definition) is 1. The van der Waals surface area contributed by atoms with Gasteiger partial charge in [-0.05, 0) is 43.2 Å². The van der Waals surface area contributed by atoms with Crippen LogP contribution in [0.1, 0.15) is 43.0 Å². The summed E-state index contributed by atoms with van der Waals surface area (Å²) in [5.74, 6) is -0.541. The number of benzene rings is 2. The van der Waals surface area contributed by atoms with E-state index in [0.29, 0.717) is 34.9 Å². The molecule has 0 saturated heterocycles. The normalized spacial score (nSPS) is 11.9. The van der Waals surface area contributed by atoms with Gasteiger partial charge in [0, 0.05) is 30.4 Å². The molecule has 1 atom stereocenters. The fourth-order valence-electron chi connectivity index (χ4n) is 3.36. The van der Waals surface area contributed by atoms with Crippen molar-refractivity contribution < 1.29 is 9.18 Å². The highest BCUT2D eigenvalue weighted by Crippen LogP contribution is 2.27. The first-order valence-corrected chi connectivity index (χ1v) is 11.6. The Hall–Kier alpha value is -2.93. The van der Waals surface area contributed by atoms with Gasteiger partial charge in [0.05, 0.1) is 5.25 Å². The first-order chi connectivity index (χ1) is 15.4. The number of anilines is 1. The summed E-state index contributed by atoms with van der Waals surface area (Å²) in [7, 11) is 1.69. The van der Waals surface area contributed by atoms with Gasteiger partial charge in [-0.25, -0.2) is 9.37 Å². The molecule has 3 aromatic rings. The lowest BCUT2D eigenvalue weighted by atomic mass is 10.1. The molecule has 1 heterocycles. The summed E-state index contributed by atoms with van der Waals surface area (Å²) in [6.07, 6.45) is 2.98. The number of amides is 1. The molecule has 0 radical (unpaired) electrons. The monoisotopic (exact) mass is 453 g/mol. The molecule has 1 aromatic heterocycles. The van der Waals surface area contributed by atoms with Crippen molar-refractivity contribution in [2.24, 2.45) is 7.05 Å². The summed E-state index contributed by atoms with van der Waals surface area (Å²) in [5, 5.41) is 2.94. The summed E-state index contributed by atoms with van der Waals surface area (Å²) in [6, 6.07) is 15.5. The van der Waals surface area contributed by atoms with E-state index >= 15 is 0 Å². The minimum absolute atomic E-state index is 0.1000. The number of halogens is 1. The highest BCUT2D eigenvalue weighted by molar-refractivity contribution is 8.00. The SMILES string of the molecule is CCCCC(Sc1nc(C)c(Cc2ccccc2)c(=O)n1C)C(=O)Nc1ccc(F)cc1. The number of thioether (sulfide) groups is 1. The predicted molar refractivity (Wildman–Crippen MR) is 128 cm³/mol. The predicted octanol–water partition coefficient (Wildman–Crippen LogP) is 5.11. The van der Waals surface area contributed by atoms with Crippen molar-refractivity contribution in [2.75, 3.05) is 5.32 Å². The van der Waals surface area contributed by atoms with Gasteiger partial charge < -0.3 is 5.32 Å². The molecule has 2 aromatic carbocycles. The molecule has 7 heteroatoms. The molecule has 3 rings (SSSR count). The van der Waals surface area contributed by atoms with Gasteiger partial charge in [-0.2, -0.15) is 0 Å². The summed E-state index contributed by atoms with van der Waals surface area (Å²) >= 11 is 1.29. The highest BCUT2D eigenvalue weighted by atomic mass is 32.2. The molecule has 0 bridgehead atoms. The fourth-order valence-corrected chi connectivity index (χ4v) is 4.49. The minimum atomic E-state index is -0.419. The quantitative estimate of drug-likeness (QED) is 0.361. The van der Waals surface area contributed by atoms with Crippen LogP contribution in [0.3, 0.4) is 0 Å². The average Bonchev–Trinajstić information content (AvgIpc) is 2.79. The second kappa shape index (κ2) is 11.1. The van der Waals surface area contributed by atoms with Crippen LogP contribution in [-0.2, 0) is 18.3 Å². The number of carbonyl (C=O) groups is 1. The van der Waals surface area contributed by atoms with E-state index < -0.39 is 5.25 Å². The summed E-state index contributed by atoms with van der Waals surface area (Å²) in [4.78, 5) is 30.7. The van der Waals surface area contributed by atoms with E-state index in [4.69, 9.17) is 0 Å². The Bertz CT molecular complexity index is 1110. The van der Waals surface area contributed by atoms with Crippen molar-refractivity contribution in [2.45, 2.75) is 49.9 Å². The largest absolute Gasteiger partial charge is 0.325 e. The van der Waals surface area contributed by atoms with Crippen LogP contribution in [0.5, 0.6) is 0 Å². The molecule has 0 saturated carbocycles. The number of nitrogens with one attached hydrogen (secondary N) is 1. The molecule has 32 heavy (non-hydrogen) atoms. The van der Waals surface area contributed by atoms with E-state index in [9.17, 15) is 14.0 Å². The number of rotatable bonds is 9. The molecule has 0 aliphatic rings. The van der Waals surface area contributed by atoms with Crippen molar-refractivity contribution in [1.29, 1.82) is 0 Å². The van der Waals surface area contributed by atoms with Crippen LogP contribution in [0, 0.1) is 12.7 Å². The molecule has 0 spiro atoms. The number of aromatic nitrogens is 2. The Morgan fingerprint density at radius 1 is 1.16 bits per heavy atom. The van der Waals surface area contributed by atoms with Gasteiger partial charge in [-0.3, -0.25) is 14.2 Å². The number of unbranched alkanes of at least 4 members (excludes halogenated alkanes) is 1. The fraction of sp³-hybridized carbons (Fsp3) is 0.320. The molecule has 1 unspecified atom stereocenters. The van der Waals surface area contributed by atoms with E-state index in [-0.39, 0.29) is 17.3 Å². The van der Waals surface area contributed by atoms with E-state index in [1.807, 2.05) is 37.3 Å². The number of nitrogens with zero attached hydrogens (tertiary/aromatic N) is 2. The smallest absolute Gasteiger partial charge is 0.257 e. The van der Waals surface area contributed by atoms with Gasteiger partial charge in [0.15, 0.2) is 5.16 Å². The van der Waals surface area contributed by atoms with Crippen LogP contribution in [0.25, 0.3) is 0 Å². The second-order valence-electron chi connectivity index (χ2n) is 7.73. The Labute approximate surface area is 192 Å². The van der Waals surface area contributed by atoms with Crippen molar-refractivity contribution >= 4 is 23.4 Å². The minimum Gasteiger partial charge on any atom is -0.325 e. The third-order valence-corrected chi connectivity index (χ3v) is 6.56. The zero-order valence-corrected chi connectivity index (χ0v) is 19.4. The topological polar surface area (TPSA) is 64.0 Å². The van der Waals surface area contributed by atoms with E-state index in [2.05, 4.69) is 17.2 Å². The highest BCUT2D eigenvalue weighted by Gasteiger charge is 2.23. The molecule has 5 nitrogen and oxygen atoms in total. The molecule has 0 aliphatic heterocycles. The van der Waals surface area contributed by atoms with Crippen LogP contribution in [0.4, 0.5) is 10.1 Å². The molecule has 168 valence electrons. The van der Waals surface area contributed by atoms with Gasteiger partial charge >= 0.3 is 0 Å². The maximum Gasteiger partial charge on any atom is 0.257 e. The summed E-state index contributed by atoms with van der Waals surface area (Å²) in [5.41, 5.74) is 2.82. The summed E-state index contributed by atoms with van der Waals surface area (Å²) in [6.45, 7) is 3.90. The van der Waals surface area contributed by atoms with Crippen molar-refractivity contribution in [1.82, 2.24) is 9.55 Å². The molecular formula is C25H28FN3O2S. The third kappa shape index (κ3) is 6.07. The van der Waals surface area contributed by atoms with Crippen LogP contribution < -0.4 is 10.9 Å². The number of hydrogen-bond acceptors (Lipinski definition) is 4. The Balaban J connectivity index is 1.83. The Morgan fingerprint density at radius 2 is 1.84 bits per heavy atom. The van der Waals surface area contributed by atoms with E-state index in [0.717, 1.165) is 18.4 Å². The van der Waals surface area contributed by atoms with E-state index in [1.165, 1.54) is 40.6 Å². The molecule has 0 aliphatic carbocycles. The van der Waals surface area contributed by atoms with Crippen molar-refractivity contribution in [3.05, 3.63) is 87.6 Å². The average molecular weight is 454 g/mol.